The van der Waals surface area contributed by atoms with Crippen molar-refractivity contribution >= 4 is 34.1 Å². The number of pyridine rings is 2. The first-order valence-corrected chi connectivity index (χ1v) is 12.7. The maximum absolute atomic E-state index is 11.4. The van der Waals surface area contributed by atoms with E-state index in [-0.39, 0.29) is 0 Å². The third-order valence-electron chi connectivity index (χ3n) is 6.27. The van der Waals surface area contributed by atoms with E-state index in [4.69, 9.17) is 32.4 Å². The molecule has 7 nitrogen and oxygen atoms in total. The summed E-state index contributed by atoms with van der Waals surface area (Å²) in [4.78, 5) is 12.5. The zero-order valence-corrected chi connectivity index (χ0v) is 22.6. The number of imidazole rings is 1. The van der Waals surface area contributed by atoms with Crippen LogP contribution in [0.15, 0.2) is 108 Å². The van der Waals surface area contributed by atoms with Crippen LogP contribution in [0.2, 0.25) is 10.2 Å². The van der Waals surface area contributed by atoms with Crippen molar-refractivity contribution in [2.24, 2.45) is 7.05 Å². The van der Waals surface area contributed by atoms with Crippen LogP contribution in [0.5, 0.6) is 5.88 Å². The van der Waals surface area contributed by atoms with Gasteiger partial charge in [-0.3, -0.25) is 0 Å². The molecule has 6 rings (SSSR count). The number of benzene rings is 2. The van der Waals surface area contributed by atoms with Gasteiger partial charge in [0.1, 0.15) is 10.9 Å². The second-order valence-corrected chi connectivity index (χ2v) is 9.38. The van der Waals surface area contributed by atoms with Crippen LogP contribution in [0.25, 0.3) is 22.0 Å². The predicted octanol–water partition coefficient (Wildman–Crippen LogP) is 6.91. The van der Waals surface area contributed by atoms with Crippen molar-refractivity contribution in [1.82, 2.24) is 19.5 Å². The molecular formula is C30H24Cl2N4O3. The number of fused-ring (bicyclic) bond motifs is 1. The summed E-state index contributed by atoms with van der Waals surface area (Å²) in [7, 11) is 3.34. The molecule has 0 aliphatic carbocycles. The van der Waals surface area contributed by atoms with E-state index in [1.54, 1.807) is 47.6 Å². The molecule has 0 bridgehead atoms. The van der Waals surface area contributed by atoms with E-state index in [0.29, 0.717) is 33.1 Å². The maximum Gasteiger partial charge on any atom is 0.213 e. The van der Waals surface area contributed by atoms with Gasteiger partial charge in [-0.1, -0.05) is 71.7 Å². The minimum absolute atomic E-state index is 0.402. The number of rotatable bonds is 5. The normalized spacial score (nSPS) is 12.4. The largest absolute Gasteiger partial charge is 0.481 e. The Labute approximate surface area is 235 Å². The fourth-order valence-electron chi connectivity index (χ4n) is 4.35. The lowest BCUT2D eigenvalue weighted by Crippen LogP contribution is -2.30. The molecule has 4 heterocycles. The zero-order valence-electron chi connectivity index (χ0n) is 21.1. The lowest BCUT2D eigenvalue weighted by Gasteiger charge is -2.27. The van der Waals surface area contributed by atoms with Crippen molar-refractivity contribution in [3.8, 4) is 17.0 Å². The number of hydrogen-bond acceptors (Lipinski definition) is 6. The van der Waals surface area contributed by atoms with E-state index in [2.05, 4.69) is 15.0 Å². The van der Waals surface area contributed by atoms with Crippen molar-refractivity contribution in [2.45, 2.75) is 5.60 Å². The molecule has 39 heavy (non-hydrogen) atoms. The average Bonchev–Trinajstić information content (AvgIpc) is 3.67. The summed E-state index contributed by atoms with van der Waals surface area (Å²) >= 11 is 12.7. The minimum Gasteiger partial charge on any atom is -0.481 e. The molecule has 0 radical (unpaired) electrons. The van der Waals surface area contributed by atoms with E-state index in [1.807, 2.05) is 61.6 Å². The number of halogens is 2. The Hall–Kier alpha value is -4.17. The second kappa shape index (κ2) is 11.3. The van der Waals surface area contributed by atoms with Crippen molar-refractivity contribution in [1.29, 1.82) is 0 Å². The van der Waals surface area contributed by atoms with Crippen LogP contribution in [0.3, 0.4) is 0 Å². The van der Waals surface area contributed by atoms with Crippen molar-refractivity contribution in [3.05, 3.63) is 131 Å². The number of methoxy groups -OCH3 is 1. The molecule has 0 aliphatic heterocycles. The van der Waals surface area contributed by atoms with Crippen molar-refractivity contribution in [3.63, 3.8) is 0 Å². The molecule has 0 amide bonds. The van der Waals surface area contributed by atoms with Crippen molar-refractivity contribution in [2.75, 3.05) is 7.11 Å². The van der Waals surface area contributed by atoms with Crippen LogP contribution in [0, 0.1) is 0 Å². The van der Waals surface area contributed by atoms with Crippen LogP contribution in [-0.4, -0.2) is 31.7 Å². The lowest BCUT2D eigenvalue weighted by atomic mass is 9.88. The molecule has 1 atom stereocenters. The Morgan fingerprint density at radius 2 is 1.74 bits per heavy atom. The summed E-state index contributed by atoms with van der Waals surface area (Å²) in [5.41, 5.74) is 2.29. The van der Waals surface area contributed by atoms with Crippen LogP contribution < -0.4 is 4.74 Å². The minimum atomic E-state index is -1.47. The first kappa shape index (κ1) is 26.4. The van der Waals surface area contributed by atoms with Gasteiger partial charge in [-0.2, -0.15) is 0 Å². The number of aryl methyl sites for hydroxylation is 1. The third kappa shape index (κ3) is 5.12. The Morgan fingerprint density at radius 3 is 2.44 bits per heavy atom. The van der Waals surface area contributed by atoms with Gasteiger partial charge in [0.05, 0.1) is 42.1 Å². The summed E-state index contributed by atoms with van der Waals surface area (Å²) < 4.78 is 12.3. The molecule has 0 saturated carbocycles. The van der Waals surface area contributed by atoms with Gasteiger partial charge in [0.25, 0.3) is 0 Å². The molecule has 6 aromatic rings. The van der Waals surface area contributed by atoms with Gasteiger partial charge in [0.2, 0.25) is 5.88 Å². The highest BCUT2D eigenvalue weighted by Crippen LogP contribution is 2.38. The first-order valence-electron chi connectivity index (χ1n) is 12.0. The quantitative estimate of drug-likeness (QED) is 0.231. The molecule has 0 spiro atoms. The van der Waals surface area contributed by atoms with Gasteiger partial charge >= 0.3 is 0 Å². The SMILES string of the molecule is COc1cc(C(O)(c2ccco2)c2cncn2C)ccn1.Clc1nc2ccccc2c(Cl)c1-c1ccccc1. The Morgan fingerprint density at radius 1 is 0.974 bits per heavy atom. The van der Waals surface area contributed by atoms with Gasteiger partial charge in [0, 0.05) is 35.8 Å². The molecule has 1 N–H and O–H groups in total. The zero-order chi connectivity index (χ0) is 27.4. The molecule has 4 aromatic heterocycles. The van der Waals surface area contributed by atoms with Crippen molar-refractivity contribution < 1.29 is 14.3 Å². The Kier molecular flexibility index (Phi) is 7.65. The highest BCUT2D eigenvalue weighted by molar-refractivity contribution is 6.42. The molecule has 0 saturated heterocycles. The number of aromatic nitrogens is 4. The van der Waals surface area contributed by atoms with Gasteiger partial charge in [0.15, 0.2) is 5.60 Å². The number of aliphatic hydroxyl groups is 1. The average molecular weight is 559 g/mol. The first-order chi connectivity index (χ1) is 18.9. The Bertz CT molecular complexity index is 1700. The summed E-state index contributed by atoms with van der Waals surface area (Å²) in [5.74, 6) is 0.819. The lowest BCUT2D eigenvalue weighted by molar-refractivity contribution is 0.0910. The van der Waals surface area contributed by atoms with Crippen LogP contribution >= 0.6 is 23.2 Å². The molecule has 0 fully saturated rings. The molecular weight excluding hydrogens is 535 g/mol. The van der Waals surface area contributed by atoms with Gasteiger partial charge in [-0.05, 0) is 29.8 Å². The number of furan rings is 1. The molecule has 9 heteroatoms. The number of para-hydroxylation sites is 1. The third-order valence-corrected chi connectivity index (χ3v) is 6.94. The van der Waals surface area contributed by atoms with E-state index in [9.17, 15) is 5.11 Å². The fraction of sp³-hybridized carbons (Fsp3) is 0.100. The highest BCUT2D eigenvalue weighted by Gasteiger charge is 2.39. The van der Waals surface area contributed by atoms with Crippen LogP contribution in [0.1, 0.15) is 17.0 Å². The smallest absolute Gasteiger partial charge is 0.213 e. The van der Waals surface area contributed by atoms with E-state index >= 15 is 0 Å². The van der Waals surface area contributed by atoms with E-state index in [1.165, 1.54) is 13.4 Å². The fourth-order valence-corrected chi connectivity index (χ4v) is 5.05. The highest BCUT2D eigenvalue weighted by atomic mass is 35.5. The summed E-state index contributed by atoms with van der Waals surface area (Å²) in [6.45, 7) is 0. The number of ether oxygens (including phenoxy) is 1. The molecule has 1 unspecified atom stereocenters. The van der Waals surface area contributed by atoms with Gasteiger partial charge in [-0.25, -0.2) is 15.0 Å². The summed E-state index contributed by atoms with van der Waals surface area (Å²) in [5, 5.41) is 13.4. The Balaban J connectivity index is 0.000000160. The van der Waals surface area contributed by atoms with E-state index in [0.717, 1.165) is 22.0 Å². The predicted molar refractivity (Wildman–Crippen MR) is 152 cm³/mol. The van der Waals surface area contributed by atoms with Crippen LogP contribution in [0.4, 0.5) is 0 Å². The van der Waals surface area contributed by atoms with Gasteiger partial charge < -0.3 is 18.8 Å². The second-order valence-electron chi connectivity index (χ2n) is 8.64. The summed E-state index contributed by atoms with van der Waals surface area (Å²) in [6.07, 6.45) is 6.34. The maximum atomic E-state index is 11.4. The molecule has 2 aromatic carbocycles. The number of hydrogen-bond donors (Lipinski definition) is 1. The number of nitrogens with zero attached hydrogens (tertiary/aromatic N) is 4. The molecule has 196 valence electrons. The standard InChI is InChI=1S/C15H9Cl2N.C15H15N3O3/c16-14-11-8-4-5-9-12(11)18-15(17)13(14)10-6-2-1-3-7-10;1-18-10-16-9-12(18)15(19,13-4-3-7-21-13)11-5-6-17-14(8-11)20-2/h1-9H;3-10,19H,1-2H3. The molecule has 0 aliphatic rings. The van der Waals surface area contributed by atoms with Gasteiger partial charge in [-0.15, -0.1) is 0 Å². The van der Waals surface area contributed by atoms with E-state index < -0.39 is 5.60 Å². The van der Waals surface area contributed by atoms with Crippen LogP contribution in [-0.2, 0) is 12.6 Å². The summed E-state index contributed by atoms with van der Waals surface area (Å²) in [6, 6.07) is 24.4. The topological polar surface area (TPSA) is 86.2 Å². The monoisotopic (exact) mass is 558 g/mol.